The first kappa shape index (κ1) is 30.7. The van der Waals surface area contributed by atoms with E-state index in [4.69, 9.17) is 27.2 Å². The lowest BCUT2D eigenvalue weighted by atomic mass is 9.90. The van der Waals surface area contributed by atoms with E-state index in [1.165, 1.54) is 4.90 Å². The maximum Gasteiger partial charge on any atom is 0.410 e. The maximum absolute atomic E-state index is 13.8. The molecule has 3 heterocycles. The topological polar surface area (TPSA) is 111 Å². The van der Waals surface area contributed by atoms with Crippen LogP contribution in [0.25, 0.3) is 11.4 Å². The Hall–Kier alpha value is -3.28. The summed E-state index contributed by atoms with van der Waals surface area (Å²) in [6.45, 7) is 6.08. The standard InChI is InChI=1S/C28H35ClF3N5O4/c1-5-6-7-17-13-35(15-20-22(17)34-23(37(33)24(20)38)16-8-10-19(29)11-9-16)25(39)21-12-18(28(30,31)32)14-36(21)26(40)41-27(2,3)4/h8-11,17-18,21H,5-7,12-15,33H2,1-4H3/t17?,18-,21-/m0/s1. The molecule has 13 heteroatoms. The van der Waals surface area contributed by atoms with Crippen molar-refractivity contribution < 1.29 is 27.5 Å². The number of aromatic nitrogens is 2. The molecule has 0 aliphatic carbocycles. The Morgan fingerprint density at radius 3 is 2.39 bits per heavy atom. The normalized spacial score (nSPS) is 21.1. The monoisotopic (exact) mass is 597 g/mol. The number of ether oxygens (including phenoxy) is 1. The van der Waals surface area contributed by atoms with E-state index in [2.05, 4.69) is 0 Å². The van der Waals surface area contributed by atoms with E-state index >= 15 is 0 Å². The molecule has 224 valence electrons. The number of nitrogens with two attached hydrogens (primary N) is 1. The molecule has 1 fully saturated rings. The van der Waals surface area contributed by atoms with Crippen LogP contribution in [0.2, 0.25) is 5.02 Å². The van der Waals surface area contributed by atoms with Gasteiger partial charge in [0.15, 0.2) is 5.82 Å². The van der Waals surface area contributed by atoms with Gasteiger partial charge in [0.2, 0.25) is 5.91 Å². The van der Waals surface area contributed by atoms with Gasteiger partial charge in [-0.15, -0.1) is 0 Å². The zero-order chi connectivity index (χ0) is 30.3. The number of benzene rings is 1. The molecule has 1 saturated heterocycles. The predicted molar refractivity (Wildman–Crippen MR) is 148 cm³/mol. The molecular formula is C28H35ClF3N5O4. The average molecular weight is 598 g/mol. The van der Waals surface area contributed by atoms with Crippen molar-refractivity contribution in [3.8, 4) is 11.4 Å². The Labute approximate surface area is 241 Å². The molecule has 1 aromatic heterocycles. The quantitative estimate of drug-likeness (QED) is 0.481. The Morgan fingerprint density at radius 1 is 1.15 bits per heavy atom. The molecule has 2 aromatic rings. The average Bonchev–Trinajstić information content (AvgIpc) is 3.35. The molecule has 2 aliphatic heterocycles. The van der Waals surface area contributed by atoms with Gasteiger partial charge in [0.1, 0.15) is 11.6 Å². The Morgan fingerprint density at radius 2 is 1.80 bits per heavy atom. The first-order valence-corrected chi connectivity index (χ1v) is 14.0. The van der Waals surface area contributed by atoms with Gasteiger partial charge in [-0.25, -0.2) is 14.5 Å². The second kappa shape index (κ2) is 11.5. The fourth-order valence-electron chi connectivity index (χ4n) is 5.37. The van der Waals surface area contributed by atoms with Gasteiger partial charge < -0.3 is 15.5 Å². The molecule has 41 heavy (non-hydrogen) atoms. The first-order chi connectivity index (χ1) is 19.1. The summed E-state index contributed by atoms with van der Waals surface area (Å²) in [5, 5.41) is 0.507. The van der Waals surface area contributed by atoms with Crippen molar-refractivity contribution in [1.82, 2.24) is 19.5 Å². The van der Waals surface area contributed by atoms with E-state index in [9.17, 15) is 27.6 Å². The second-order valence-electron chi connectivity index (χ2n) is 11.7. The number of alkyl halides is 3. The summed E-state index contributed by atoms with van der Waals surface area (Å²) >= 11 is 6.01. The van der Waals surface area contributed by atoms with Gasteiger partial charge in [0.05, 0.1) is 23.7 Å². The molecule has 4 rings (SSSR count). The van der Waals surface area contributed by atoms with Crippen molar-refractivity contribution in [2.24, 2.45) is 5.92 Å². The van der Waals surface area contributed by atoms with Gasteiger partial charge in [-0.3, -0.25) is 14.5 Å². The van der Waals surface area contributed by atoms with Gasteiger partial charge in [0, 0.05) is 29.6 Å². The highest BCUT2D eigenvalue weighted by molar-refractivity contribution is 6.30. The summed E-state index contributed by atoms with van der Waals surface area (Å²) in [6.07, 6.45) is -3.94. The third kappa shape index (κ3) is 6.63. The number of halogens is 4. The number of hydrogen-bond acceptors (Lipinski definition) is 6. The minimum atomic E-state index is -4.59. The number of hydrogen-bond donors (Lipinski definition) is 1. The van der Waals surface area contributed by atoms with Gasteiger partial charge in [-0.05, 0) is 57.9 Å². The number of rotatable bonds is 5. The fourth-order valence-corrected chi connectivity index (χ4v) is 5.50. The van der Waals surface area contributed by atoms with Crippen LogP contribution in [0.5, 0.6) is 0 Å². The van der Waals surface area contributed by atoms with E-state index < -0.39 is 54.3 Å². The largest absolute Gasteiger partial charge is 0.444 e. The summed E-state index contributed by atoms with van der Waals surface area (Å²) in [5.74, 6) is 3.52. The molecule has 1 aromatic carbocycles. The van der Waals surface area contributed by atoms with Gasteiger partial charge >= 0.3 is 12.3 Å². The van der Waals surface area contributed by atoms with Crippen LogP contribution in [-0.4, -0.2) is 62.4 Å². The molecule has 1 unspecified atom stereocenters. The number of nitrogen functional groups attached to an aromatic ring is 1. The van der Waals surface area contributed by atoms with E-state index in [0.29, 0.717) is 22.7 Å². The third-order valence-electron chi connectivity index (χ3n) is 7.41. The van der Waals surface area contributed by atoms with Crippen LogP contribution in [0.1, 0.15) is 70.6 Å². The summed E-state index contributed by atoms with van der Waals surface area (Å²) in [6, 6.07) is 5.32. The summed E-state index contributed by atoms with van der Waals surface area (Å²) < 4.78 is 47.4. The Kier molecular flexibility index (Phi) is 8.63. The number of fused-ring (bicyclic) bond motifs is 1. The van der Waals surface area contributed by atoms with E-state index in [-0.39, 0.29) is 30.4 Å². The molecule has 0 radical (unpaired) electrons. The molecule has 3 atom stereocenters. The molecular weight excluding hydrogens is 563 g/mol. The maximum atomic E-state index is 13.8. The Bertz CT molecular complexity index is 1360. The number of unbranched alkanes of at least 4 members (excludes halogenated alkanes) is 1. The van der Waals surface area contributed by atoms with Crippen LogP contribution < -0.4 is 11.4 Å². The van der Waals surface area contributed by atoms with Crippen LogP contribution in [-0.2, 0) is 16.1 Å². The third-order valence-corrected chi connectivity index (χ3v) is 7.67. The van der Waals surface area contributed by atoms with Crippen molar-refractivity contribution >= 4 is 23.6 Å². The molecule has 0 spiro atoms. The molecule has 2 amide bonds. The second-order valence-corrected chi connectivity index (χ2v) is 12.1. The first-order valence-electron chi connectivity index (χ1n) is 13.6. The van der Waals surface area contributed by atoms with Crippen LogP contribution in [0.4, 0.5) is 18.0 Å². The van der Waals surface area contributed by atoms with Crippen LogP contribution in [0.3, 0.4) is 0 Å². The number of likely N-dealkylation sites (tertiary alicyclic amines) is 1. The van der Waals surface area contributed by atoms with Crippen LogP contribution >= 0.6 is 11.6 Å². The summed E-state index contributed by atoms with van der Waals surface area (Å²) in [7, 11) is 0. The number of carbonyl (C=O) groups excluding carboxylic acids is 2. The highest BCUT2D eigenvalue weighted by Crippen LogP contribution is 2.39. The number of carbonyl (C=O) groups is 2. The zero-order valence-electron chi connectivity index (χ0n) is 23.5. The minimum absolute atomic E-state index is 0.141. The zero-order valence-corrected chi connectivity index (χ0v) is 24.3. The highest BCUT2D eigenvalue weighted by Gasteiger charge is 2.53. The van der Waals surface area contributed by atoms with Gasteiger partial charge in [-0.1, -0.05) is 31.4 Å². The van der Waals surface area contributed by atoms with Crippen molar-refractivity contribution in [3.05, 3.63) is 50.9 Å². The SMILES string of the molecule is CCCCC1CN(C(=O)[C@@H]2C[C@H](C(F)(F)F)CN2C(=O)OC(C)(C)C)Cc2c1nc(-c1ccc(Cl)cc1)n(N)c2=O. The number of amides is 2. The smallest absolute Gasteiger partial charge is 0.410 e. The lowest BCUT2D eigenvalue weighted by Crippen LogP contribution is -2.52. The van der Waals surface area contributed by atoms with Crippen molar-refractivity contribution in [2.45, 2.75) is 83.7 Å². The van der Waals surface area contributed by atoms with E-state index in [1.807, 2.05) is 6.92 Å². The predicted octanol–water partition coefficient (Wildman–Crippen LogP) is 5.08. The Balaban J connectivity index is 1.70. The molecule has 2 N–H and O–H groups in total. The highest BCUT2D eigenvalue weighted by atomic mass is 35.5. The van der Waals surface area contributed by atoms with Gasteiger partial charge in [0.25, 0.3) is 5.56 Å². The molecule has 0 bridgehead atoms. The van der Waals surface area contributed by atoms with Crippen LogP contribution in [0.15, 0.2) is 29.1 Å². The lowest BCUT2D eigenvalue weighted by molar-refractivity contribution is -0.170. The summed E-state index contributed by atoms with van der Waals surface area (Å²) in [4.78, 5) is 47.2. The van der Waals surface area contributed by atoms with Gasteiger partial charge in [-0.2, -0.15) is 13.2 Å². The van der Waals surface area contributed by atoms with Crippen LogP contribution in [0, 0.1) is 5.92 Å². The van der Waals surface area contributed by atoms with E-state index in [0.717, 1.165) is 22.4 Å². The lowest BCUT2D eigenvalue weighted by Gasteiger charge is -2.37. The molecule has 0 saturated carbocycles. The summed E-state index contributed by atoms with van der Waals surface area (Å²) in [5.41, 5.74) is -0.206. The minimum Gasteiger partial charge on any atom is -0.444 e. The van der Waals surface area contributed by atoms with Crippen molar-refractivity contribution in [1.29, 1.82) is 0 Å². The van der Waals surface area contributed by atoms with Crippen molar-refractivity contribution in [2.75, 3.05) is 18.9 Å². The fraction of sp³-hybridized carbons (Fsp3) is 0.571. The molecule has 2 aliphatic rings. The molecule has 9 nitrogen and oxygen atoms in total. The van der Waals surface area contributed by atoms with Crippen molar-refractivity contribution in [3.63, 3.8) is 0 Å². The number of nitrogens with zero attached hydrogens (tertiary/aromatic N) is 4. The van der Waals surface area contributed by atoms with E-state index in [1.54, 1.807) is 45.0 Å².